The summed E-state index contributed by atoms with van der Waals surface area (Å²) in [5.74, 6) is 2.82. The number of aliphatic hydroxyl groups is 1. The predicted molar refractivity (Wildman–Crippen MR) is 47.9 cm³/mol. The molecule has 0 amide bonds. The van der Waals surface area contributed by atoms with Crippen molar-refractivity contribution in [2.45, 2.75) is 0 Å². The van der Waals surface area contributed by atoms with Crippen LogP contribution in [-0.4, -0.2) is 49.8 Å². The molecular weight excluding hydrogens is 152 g/mol. The standard InChI is InChI=1S/C9H18N2O/c1-11(2-3-12)6-9-7-4-10-5-8(7)9/h7-10,12H,2-6H2,1H3. The van der Waals surface area contributed by atoms with Crippen LogP contribution in [0.5, 0.6) is 0 Å². The lowest BCUT2D eigenvalue weighted by molar-refractivity contribution is 0.212. The highest BCUT2D eigenvalue weighted by molar-refractivity contribution is 5.04. The van der Waals surface area contributed by atoms with Crippen molar-refractivity contribution in [1.29, 1.82) is 0 Å². The van der Waals surface area contributed by atoms with Crippen molar-refractivity contribution in [2.75, 3.05) is 39.8 Å². The minimum Gasteiger partial charge on any atom is -0.395 e. The summed E-state index contributed by atoms with van der Waals surface area (Å²) in [6.07, 6.45) is 0. The van der Waals surface area contributed by atoms with Crippen LogP contribution in [0.1, 0.15) is 0 Å². The van der Waals surface area contributed by atoms with Gasteiger partial charge < -0.3 is 15.3 Å². The summed E-state index contributed by atoms with van der Waals surface area (Å²) >= 11 is 0. The maximum atomic E-state index is 8.72. The van der Waals surface area contributed by atoms with Gasteiger partial charge in [0.2, 0.25) is 0 Å². The van der Waals surface area contributed by atoms with Gasteiger partial charge in [-0.3, -0.25) is 0 Å². The fraction of sp³-hybridized carbons (Fsp3) is 1.00. The zero-order valence-corrected chi connectivity index (χ0v) is 7.66. The van der Waals surface area contributed by atoms with E-state index in [0.717, 1.165) is 24.3 Å². The summed E-state index contributed by atoms with van der Waals surface area (Å²) in [6.45, 7) is 4.74. The van der Waals surface area contributed by atoms with Crippen LogP contribution in [-0.2, 0) is 0 Å². The van der Waals surface area contributed by atoms with Crippen LogP contribution < -0.4 is 5.32 Å². The van der Waals surface area contributed by atoms with Crippen LogP contribution in [0, 0.1) is 17.8 Å². The van der Waals surface area contributed by atoms with E-state index in [0.29, 0.717) is 0 Å². The van der Waals surface area contributed by atoms with Gasteiger partial charge in [-0.05, 0) is 37.9 Å². The zero-order chi connectivity index (χ0) is 8.55. The van der Waals surface area contributed by atoms with Gasteiger partial charge in [0.05, 0.1) is 6.61 Å². The molecule has 0 bridgehead atoms. The molecule has 12 heavy (non-hydrogen) atoms. The van der Waals surface area contributed by atoms with Crippen LogP contribution in [0.4, 0.5) is 0 Å². The van der Waals surface area contributed by atoms with Gasteiger partial charge >= 0.3 is 0 Å². The lowest BCUT2D eigenvalue weighted by atomic mass is 10.2. The van der Waals surface area contributed by atoms with E-state index in [-0.39, 0.29) is 6.61 Å². The number of hydrogen-bond acceptors (Lipinski definition) is 3. The first kappa shape index (κ1) is 8.48. The molecular formula is C9H18N2O. The molecule has 0 spiro atoms. The largest absolute Gasteiger partial charge is 0.395 e. The highest BCUT2D eigenvalue weighted by atomic mass is 16.3. The molecule has 2 aliphatic rings. The van der Waals surface area contributed by atoms with Gasteiger partial charge in [0.15, 0.2) is 0 Å². The monoisotopic (exact) mass is 170 g/mol. The SMILES string of the molecule is CN(CCO)CC1C2CNCC21. The van der Waals surface area contributed by atoms with E-state index in [4.69, 9.17) is 5.11 Å². The molecule has 1 aliphatic heterocycles. The first-order valence-corrected chi connectivity index (χ1v) is 4.83. The van der Waals surface area contributed by atoms with Crippen molar-refractivity contribution in [3.05, 3.63) is 0 Å². The maximum Gasteiger partial charge on any atom is 0.0558 e. The molecule has 0 aromatic carbocycles. The number of likely N-dealkylation sites (N-methyl/N-ethyl adjacent to an activating group) is 1. The Morgan fingerprint density at radius 1 is 1.42 bits per heavy atom. The Balaban J connectivity index is 1.68. The lowest BCUT2D eigenvalue weighted by Gasteiger charge is -2.15. The van der Waals surface area contributed by atoms with Crippen LogP contribution in [0.15, 0.2) is 0 Å². The van der Waals surface area contributed by atoms with Crippen LogP contribution >= 0.6 is 0 Å². The van der Waals surface area contributed by atoms with Gasteiger partial charge in [-0.25, -0.2) is 0 Å². The number of rotatable bonds is 4. The smallest absolute Gasteiger partial charge is 0.0558 e. The molecule has 70 valence electrons. The van der Waals surface area contributed by atoms with Crippen molar-refractivity contribution in [3.8, 4) is 0 Å². The Bertz CT molecular complexity index is 153. The topological polar surface area (TPSA) is 35.5 Å². The molecule has 1 heterocycles. The van der Waals surface area contributed by atoms with Crippen LogP contribution in [0.25, 0.3) is 0 Å². The van der Waals surface area contributed by atoms with Gasteiger partial charge in [-0.15, -0.1) is 0 Å². The highest BCUT2D eigenvalue weighted by Crippen LogP contribution is 2.48. The molecule has 2 rings (SSSR count). The zero-order valence-electron chi connectivity index (χ0n) is 7.66. The number of nitrogens with one attached hydrogen (secondary N) is 1. The number of piperidine rings is 1. The number of fused-ring (bicyclic) bond motifs is 1. The Kier molecular flexibility index (Phi) is 2.35. The van der Waals surface area contributed by atoms with E-state index in [1.54, 1.807) is 0 Å². The second-order valence-corrected chi connectivity index (χ2v) is 4.14. The Hall–Kier alpha value is -0.120. The third-order valence-corrected chi connectivity index (χ3v) is 3.27. The van der Waals surface area contributed by atoms with Crippen molar-refractivity contribution in [3.63, 3.8) is 0 Å². The molecule has 2 unspecified atom stereocenters. The molecule has 2 N–H and O–H groups in total. The molecule has 0 radical (unpaired) electrons. The summed E-state index contributed by atoms with van der Waals surface area (Å²) in [4.78, 5) is 2.24. The summed E-state index contributed by atoms with van der Waals surface area (Å²) in [7, 11) is 2.09. The van der Waals surface area contributed by atoms with E-state index < -0.39 is 0 Å². The third-order valence-electron chi connectivity index (χ3n) is 3.27. The quantitative estimate of drug-likeness (QED) is 0.590. The number of nitrogens with zero attached hydrogens (tertiary/aromatic N) is 1. The first-order valence-electron chi connectivity index (χ1n) is 4.83. The first-order chi connectivity index (χ1) is 5.83. The van der Waals surface area contributed by atoms with Crippen LogP contribution in [0.2, 0.25) is 0 Å². The van der Waals surface area contributed by atoms with Crippen molar-refractivity contribution in [1.82, 2.24) is 10.2 Å². The molecule has 1 aliphatic carbocycles. The van der Waals surface area contributed by atoms with Crippen LogP contribution in [0.3, 0.4) is 0 Å². The fourth-order valence-electron chi connectivity index (χ4n) is 2.44. The van der Waals surface area contributed by atoms with E-state index in [9.17, 15) is 0 Å². The Morgan fingerprint density at radius 3 is 2.67 bits per heavy atom. The molecule has 3 heteroatoms. The van der Waals surface area contributed by atoms with Gasteiger partial charge in [-0.2, -0.15) is 0 Å². The molecule has 0 aromatic heterocycles. The van der Waals surface area contributed by atoms with Gasteiger partial charge in [0.25, 0.3) is 0 Å². The van der Waals surface area contributed by atoms with E-state index in [1.807, 2.05) is 0 Å². The number of hydrogen-bond donors (Lipinski definition) is 2. The minimum absolute atomic E-state index is 0.288. The predicted octanol–water partition coefficient (Wildman–Crippen LogP) is -0.624. The molecule has 3 nitrogen and oxygen atoms in total. The third kappa shape index (κ3) is 1.49. The Morgan fingerprint density at radius 2 is 2.08 bits per heavy atom. The van der Waals surface area contributed by atoms with Gasteiger partial charge in [0, 0.05) is 13.1 Å². The normalized spacial score (nSPS) is 38.8. The summed E-state index contributed by atoms with van der Waals surface area (Å²) in [5, 5.41) is 12.1. The minimum atomic E-state index is 0.288. The van der Waals surface area contributed by atoms with Gasteiger partial charge in [-0.1, -0.05) is 0 Å². The second kappa shape index (κ2) is 3.32. The van der Waals surface area contributed by atoms with E-state index in [2.05, 4.69) is 17.3 Å². The maximum absolute atomic E-state index is 8.72. The van der Waals surface area contributed by atoms with Crippen molar-refractivity contribution >= 4 is 0 Å². The lowest BCUT2D eigenvalue weighted by Crippen LogP contribution is -2.27. The Labute approximate surface area is 73.8 Å². The average Bonchev–Trinajstić information content (AvgIpc) is 2.51. The van der Waals surface area contributed by atoms with Gasteiger partial charge in [0.1, 0.15) is 0 Å². The van der Waals surface area contributed by atoms with E-state index in [1.165, 1.54) is 19.6 Å². The highest BCUT2D eigenvalue weighted by Gasteiger charge is 2.52. The average molecular weight is 170 g/mol. The summed E-state index contributed by atoms with van der Waals surface area (Å²) in [6, 6.07) is 0. The van der Waals surface area contributed by atoms with Crippen molar-refractivity contribution in [2.24, 2.45) is 17.8 Å². The molecule has 1 saturated heterocycles. The summed E-state index contributed by atoms with van der Waals surface area (Å²) < 4.78 is 0. The fourth-order valence-corrected chi connectivity index (χ4v) is 2.44. The second-order valence-electron chi connectivity index (χ2n) is 4.14. The summed E-state index contributed by atoms with van der Waals surface area (Å²) in [5.41, 5.74) is 0. The molecule has 1 saturated carbocycles. The van der Waals surface area contributed by atoms with Crippen molar-refractivity contribution < 1.29 is 5.11 Å². The molecule has 2 fully saturated rings. The molecule has 0 aromatic rings. The molecule has 2 atom stereocenters. The van der Waals surface area contributed by atoms with E-state index >= 15 is 0 Å². The number of aliphatic hydroxyl groups excluding tert-OH is 1.